The van der Waals surface area contributed by atoms with E-state index in [1.807, 2.05) is 91.0 Å². The number of nitrogens with one attached hydrogen (secondary N) is 1. The number of fused-ring (bicyclic) bond motifs is 1. The standard InChI is InChI=1S/C29H20N8O2/c38-37(39)24-18-16-23(17-19-24)32-34-29-26(21-12-6-2-7-13-21)30-28-27(33-31-22-14-8-3-9-15-22)25(35-36(28)29)20-10-4-1-5-11-20/h1-19,35H. The molecule has 0 aliphatic rings. The number of rotatable bonds is 7. The van der Waals surface area contributed by atoms with Crippen LogP contribution in [0.2, 0.25) is 0 Å². The van der Waals surface area contributed by atoms with Gasteiger partial charge in [-0.2, -0.15) is 5.11 Å². The van der Waals surface area contributed by atoms with E-state index in [1.165, 1.54) is 12.1 Å². The van der Waals surface area contributed by atoms with Crippen LogP contribution in [-0.4, -0.2) is 19.5 Å². The Labute approximate surface area is 222 Å². The van der Waals surface area contributed by atoms with Crippen LogP contribution in [0.3, 0.4) is 0 Å². The molecule has 10 heteroatoms. The molecular weight excluding hydrogens is 492 g/mol. The van der Waals surface area contributed by atoms with Crippen LogP contribution in [0.4, 0.5) is 28.6 Å². The summed E-state index contributed by atoms with van der Waals surface area (Å²) in [4.78, 5) is 15.5. The Morgan fingerprint density at radius 1 is 0.667 bits per heavy atom. The lowest BCUT2D eigenvalue weighted by Gasteiger charge is -2.01. The number of H-pyrrole nitrogens is 1. The number of non-ortho nitro benzene ring substituents is 1. The molecule has 2 aromatic heterocycles. The number of hydrogen-bond donors (Lipinski definition) is 1. The van der Waals surface area contributed by atoms with Gasteiger partial charge in [0.2, 0.25) is 5.82 Å². The van der Waals surface area contributed by atoms with Crippen molar-refractivity contribution < 1.29 is 4.92 Å². The highest BCUT2D eigenvalue weighted by Gasteiger charge is 2.22. The maximum Gasteiger partial charge on any atom is 0.269 e. The van der Waals surface area contributed by atoms with Crippen LogP contribution in [0.1, 0.15) is 0 Å². The first-order valence-electron chi connectivity index (χ1n) is 12.1. The summed E-state index contributed by atoms with van der Waals surface area (Å²) in [6, 6.07) is 34.8. The molecule has 6 rings (SSSR count). The van der Waals surface area contributed by atoms with Gasteiger partial charge in [0.05, 0.1) is 22.0 Å². The number of aromatic amines is 1. The summed E-state index contributed by atoms with van der Waals surface area (Å²) < 4.78 is 1.74. The highest BCUT2D eigenvalue weighted by atomic mass is 16.6. The van der Waals surface area contributed by atoms with Crippen molar-refractivity contribution in [1.82, 2.24) is 14.6 Å². The Morgan fingerprint density at radius 2 is 1.23 bits per heavy atom. The number of nitrogens with zero attached hydrogens (tertiary/aromatic N) is 7. The molecule has 2 heterocycles. The average molecular weight is 513 g/mol. The minimum Gasteiger partial charge on any atom is -0.288 e. The van der Waals surface area contributed by atoms with E-state index in [2.05, 4.69) is 25.6 Å². The molecule has 0 radical (unpaired) electrons. The molecule has 0 spiro atoms. The number of nitro benzene ring substituents is 1. The lowest BCUT2D eigenvalue weighted by Crippen LogP contribution is -1.86. The number of benzene rings is 4. The fraction of sp³-hybridized carbons (Fsp3) is 0. The zero-order chi connectivity index (χ0) is 26.6. The van der Waals surface area contributed by atoms with Crippen LogP contribution < -0.4 is 0 Å². The van der Waals surface area contributed by atoms with Crippen LogP contribution in [0.15, 0.2) is 136 Å². The van der Waals surface area contributed by atoms with Gasteiger partial charge >= 0.3 is 0 Å². The molecule has 6 aromatic rings. The smallest absolute Gasteiger partial charge is 0.269 e. The zero-order valence-corrected chi connectivity index (χ0v) is 20.4. The van der Waals surface area contributed by atoms with Crippen LogP contribution in [-0.2, 0) is 0 Å². The highest BCUT2D eigenvalue weighted by molar-refractivity contribution is 5.87. The quantitative estimate of drug-likeness (QED) is 0.130. The normalized spacial score (nSPS) is 11.6. The third-order valence-electron chi connectivity index (χ3n) is 5.98. The van der Waals surface area contributed by atoms with E-state index in [0.29, 0.717) is 34.2 Å². The first kappa shape index (κ1) is 23.6. The lowest BCUT2D eigenvalue weighted by molar-refractivity contribution is -0.384. The molecule has 0 aliphatic carbocycles. The van der Waals surface area contributed by atoms with E-state index >= 15 is 0 Å². The third kappa shape index (κ3) is 4.81. The summed E-state index contributed by atoms with van der Waals surface area (Å²) in [5.74, 6) is 0.452. The Morgan fingerprint density at radius 3 is 1.87 bits per heavy atom. The predicted octanol–water partition coefficient (Wildman–Crippen LogP) is 8.74. The Bertz CT molecular complexity index is 1810. The van der Waals surface area contributed by atoms with Crippen LogP contribution in [0.25, 0.3) is 28.2 Å². The molecule has 4 aromatic carbocycles. The maximum absolute atomic E-state index is 11.0. The van der Waals surface area contributed by atoms with Gasteiger partial charge in [0.25, 0.3) is 5.69 Å². The number of imidazole rings is 1. The monoisotopic (exact) mass is 512 g/mol. The van der Waals surface area contributed by atoms with Gasteiger partial charge in [0.1, 0.15) is 5.69 Å². The van der Waals surface area contributed by atoms with Gasteiger partial charge < -0.3 is 0 Å². The van der Waals surface area contributed by atoms with Crippen molar-refractivity contribution in [1.29, 1.82) is 0 Å². The fourth-order valence-electron chi connectivity index (χ4n) is 4.08. The second-order valence-electron chi connectivity index (χ2n) is 8.52. The topological polar surface area (TPSA) is 126 Å². The molecule has 0 unspecified atom stereocenters. The molecule has 39 heavy (non-hydrogen) atoms. The van der Waals surface area contributed by atoms with Crippen molar-refractivity contribution >= 4 is 34.2 Å². The van der Waals surface area contributed by atoms with Crippen molar-refractivity contribution in [3.63, 3.8) is 0 Å². The number of hydrogen-bond acceptors (Lipinski definition) is 7. The molecule has 0 fully saturated rings. The van der Waals surface area contributed by atoms with E-state index < -0.39 is 4.92 Å². The molecule has 0 atom stereocenters. The SMILES string of the molecule is O=[N+]([O-])c1ccc(N=Nc2c(-c3ccccc3)nc3c(N=Nc4ccccc4)c(-c4ccccc4)[nH]n23)cc1. The number of azo groups is 2. The van der Waals surface area contributed by atoms with Gasteiger partial charge in [0, 0.05) is 23.3 Å². The van der Waals surface area contributed by atoms with Crippen LogP contribution >= 0.6 is 0 Å². The summed E-state index contributed by atoms with van der Waals surface area (Å²) in [6.45, 7) is 0. The highest BCUT2D eigenvalue weighted by Crippen LogP contribution is 2.40. The summed E-state index contributed by atoms with van der Waals surface area (Å²) in [5, 5.41) is 32.4. The Hall–Kier alpha value is -5.77. The molecule has 188 valence electrons. The minimum absolute atomic E-state index is 0.0176. The van der Waals surface area contributed by atoms with Gasteiger partial charge in [0.15, 0.2) is 11.3 Å². The van der Waals surface area contributed by atoms with Crippen LogP contribution in [0, 0.1) is 10.1 Å². The maximum atomic E-state index is 11.0. The van der Waals surface area contributed by atoms with E-state index in [-0.39, 0.29) is 5.69 Å². The van der Waals surface area contributed by atoms with E-state index in [4.69, 9.17) is 4.98 Å². The molecule has 0 aliphatic heterocycles. The summed E-state index contributed by atoms with van der Waals surface area (Å²) in [7, 11) is 0. The van der Waals surface area contributed by atoms with Crippen molar-refractivity contribution in [2.75, 3.05) is 0 Å². The van der Waals surface area contributed by atoms with Crippen molar-refractivity contribution in [3.8, 4) is 22.5 Å². The minimum atomic E-state index is -0.454. The number of nitro groups is 1. The van der Waals surface area contributed by atoms with Crippen LogP contribution in [0.5, 0.6) is 0 Å². The fourth-order valence-corrected chi connectivity index (χ4v) is 4.08. The van der Waals surface area contributed by atoms with Gasteiger partial charge in [-0.25, -0.2) is 9.50 Å². The van der Waals surface area contributed by atoms with Gasteiger partial charge in [-0.15, -0.1) is 15.3 Å². The second kappa shape index (κ2) is 10.3. The number of aromatic nitrogens is 3. The molecule has 0 saturated heterocycles. The van der Waals surface area contributed by atoms with E-state index in [0.717, 1.165) is 16.8 Å². The van der Waals surface area contributed by atoms with E-state index in [1.54, 1.807) is 16.6 Å². The molecule has 10 nitrogen and oxygen atoms in total. The summed E-state index contributed by atoms with van der Waals surface area (Å²) >= 11 is 0. The average Bonchev–Trinajstić information content (AvgIpc) is 3.53. The molecule has 0 saturated carbocycles. The zero-order valence-electron chi connectivity index (χ0n) is 20.4. The molecule has 0 amide bonds. The lowest BCUT2D eigenvalue weighted by atomic mass is 10.1. The van der Waals surface area contributed by atoms with Gasteiger partial charge in [-0.3, -0.25) is 15.2 Å². The first-order chi connectivity index (χ1) is 19.2. The largest absolute Gasteiger partial charge is 0.288 e. The summed E-state index contributed by atoms with van der Waals surface area (Å²) in [5.41, 5.74) is 5.33. The Kier molecular flexibility index (Phi) is 6.24. The molecule has 1 N–H and O–H groups in total. The first-order valence-corrected chi connectivity index (χ1v) is 12.1. The molecule has 0 bridgehead atoms. The summed E-state index contributed by atoms with van der Waals surface area (Å²) in [6.07, 6.45) is 0. The molecular formula is C29H20N8O2. The van der Waals surface area contributed by atoms with E-state index in [9.17, 15) is 10.1 Å². The second-order valence-corrected chi connectivity index (χ2v) is 8.52. The van der Waals surface area contributed by atoms with Crippen molar-refractivity contribution in [3.05, 3.63) is 125 Å². The third-order valence-corrected chi connectivity index (χ3v) is 5.98. The van der Waals surface area contributed by atoms with Crippen molar-refractivity contribution in [2.45, 2.75) is 0 Å². The Balaban J connectivity index is 1.54. The predicted molar refractivity (Wildman–Crippen MR) is 148 cm³/mol. The van der Waals surface area contributed by atoms with Gasteiger partial charge in [-0.1, -0.05) is 78.9 Å². The van der Waals surface area contributed by atoms with Gasteiger partial charge in [-0.05, 0) is 24.3 Å². The van der Waals surface area contributed by atoms with Crippen molar-refractivity contribution in [2.24, 2.45) is 20.5 Å².